The van der Waals surface area contributed by atoms with Gasteiger partial charge in [-0.05, 0) is 52.5 Å². The number of hydrogen-bond acceptors (Lipinski definition) is 4. The summed E-state index contributed by atoms with van der Waals surface area (Å²) in [7, 11) is 0. The summed E-state index contributed by atoms with van der Waals surface area (Å²) in [5.74, 6) is 0.920. The van der Waals surface area contributed by atoms with Gasteiger partial charge in [0.1, 0.15) is 18.0 Å². The number of carbonyl (C=O) groups is 1. The number of amides is 1. The van der Waals surface area contributed by atoms with Crippen LogP contribution in [0.5, 0.6) is 0 Å². The molecule has 0 N–H and O–H groups in total. The summed E-state index contributed by atoms with van der Waals surface area (Å²) in [6, 6.07) is 0.115. The van der Waals surface area contributed by atoms with Crippen LogP contribution in [0.3, 0.4) is 0 Å². The van der Waals surface area contributed by atoms with E-state index < -0.39 is 5.60 Å². The summed E-state index contributed by atoms with van der Waals surface area (Å²) >= 11 is 0. The number of hydrogen-bond donors (Lipinski definition) is 0. The Morgan fingerprint density at radius 3 is 2.90 bits per heavy atom. The Labute approximate surface area is 127 Å². The van der Waals surface area contributed by atoms with E-state index in [1.54, 1.807) is 4.90 Å². The van der Waals surface area contributed by atoms with Crippen LogP contribution in [-0.4, -0.2) is 49.0 Å². The van der Waals surface area contributed by atoms with E-state index in [-0.39, 0.29) is 12.1 Å². The van der Waals surface area contributed by atoms with Crippen LogP contribution in [0.1, 0.15) is 46.5 Å². The Hall–Kier alpha value is -1.23. The minimum atomic E-state index is -0.453. The third-order valence-electron chi connectivity index (χ3n) is 3.57. The fraction of sp³-hybridized carbons (Fsp3) is 0.812. The third kappa shape index (κ3) is 5.23. The van der Waals surface area contributed by atoms with Gasteiger partial charge in [0.05, 0.1) is 19.3 Å². The Bertz CT molecular complexity index is 386. The van der Waals surface area contributed by atoms with Crippen molar-refractivity contribution in [2.75, 3.05) is 26.4 Å². The summed E-state index contributed by atoms with van der Waals surface area (Å²) in [5.41, 5.74) is -0.453. The fourth-order valence-electron chi connectivity index (χ4n) is 2.57. The van der Waals surface area contributed by atoms with Crippen molar-refractivity contribution in [1.82, 2.24) is 4.90 Å². The number of carbonyl (C=O) groups excluding carboxylic acids is 1. The first-order chi connectivity index (χ1) is 9.96. The van der Waals surface area contributed by atoms with E-state index in [0.29, 0.717) is 13.2 Å². The highest BCUT2D eigenvalue weighted by molar-refractivity contribution is 5.68. The van der Waals surface area contributed by atoms with Crippen molar-refractivity contribution in [3.8, 4) is 0 Å². The fourth-order valence-corrected chi connectivity index (χ4v) is 2.57. The van der Waals surface area contributed by atoms with Crippen molar-refractivity contribution in [1.29, 1.82) is 0 Å². The highest BCUT2D eigenvalue weighted by atomic mass is 16.6. The molecule has 0 spiro atoms. The predicted molar refractivity (Wildman–Crippen MR) is 80.1 cm³/mol. The summed E-state index contributed by atoms with van der Waals surface area (Å²) in [5, 5.41) is 0. The van der Waals surface area contributed by atoms with Crippen LogP contribution >= 0.6 is 0 Å². The summed E-state index contributed by atoms with van der Waals surface area (Å²) in [6.45, 7) is 8.24. The van der Waals surface area contributed by atoms with Crippen molar-refractivity contribution >= 4 is 6.09 Å². The average molecular weight is 297 g/mol. The van der Waals surface area contributed by atoms with Gasteiger partial charge in [-0.2, -0.15) is 0 Å². The number of likely N-dealkylation sites (tertiary alicyclic amines) is 1. The lowest BCUT2D eigenvalue weighted by Crippen LogP contribution is -2.41. The maximum absolute atomic E-state index is 12.1. The number of ether oxygens (including phenoxy) is 3. The van der Waals surface area contributed by atoms with Gasteiger partial charge in [-0.1, -0.05) is 0 Å². The molecular formula is C16H27NO4. The Morgan fingerprint density at radius 1 is 1.43 bits per heavy atom. The first-order valence-electron chi connectivity index (χ1n) is 7.85. The Kier molecular flexibility index (Phi) is 5.51. The topological polar surface area (TPSA) is 48.0 Å². The van der Waals surface area contributed by atoms with Gasteiger partial charge in [-0.3, -0.25) is 0 Å². The lowest BCUT2D eigenvalue weighted by atomic mass is 10.2. The Morgan fingerprint density at radius 2 is 2.24 bits per heavy atom. The molecule has 2 aliphatic rings. The molecule has 2 aliphatic heterocycles. The van der Waals surface area contributed by atoms with Crippen molar-refractivity contribution in [2.45, 2.75) is 58.1 Å². The molecular weight excluding hydrogens is 270 g/mol. The minimum absolute atomic E-state index is 0.115. The van der Waals surface area contributed by atoms with E-state index in [2.05, 4.69) is 6.08 Å². The molecule has 5 heteroatoms. The molecule has 1 unspecified atom stereocenters. The predicted octanol–water partition coefficient (Wildman–Crippen LogP) is 3.10. The van der Waals surface area contributed by atoms with Crippen LogP contribution in [0.25, 0.3) is 0 Å². The highest BCUT2D eigenvalue weighted by Gasteiger charge is 2.32. The van der Waals surface area contributed by atoms with Gasteiger partial charge in [0.15, 0.2) is 0 Å². The molecule has 0 bridgehead atoms. The van der Waals surface area contributed by atoms with Gasteiger partial charge in [0.25, 0.3) is 0 Å². The molecule has 1 saturated heterocycles. The zero-order valence-electron chi connectivity index (χ0n) is 13.4. The monoisotopic (exact) mass is 297 g/mol. The normalized spacial score (nSPS) is 22.7. The van der Waals surface area contributed by atoms with Crippen LogP contribution in [-0.2, 0) is 14.2 Å². The standard InChI is InChI=1S/C16H27NO4/c1-16(2,3)21-15(18)17-9-6-7-13(17)11-19-12-14-8-4-5-10-20-14/h8,13H,4-7,9-12H2,1-3H3. The zero-order valence-corrected chi connectivity index (χ0v) is 13.4. The van der Waals surface area contributed by atoms with E-state index in [1.807, 2.05) is 20.8 Å². The molecule has 0 aromatic heterocycles. The molecule has 0 aromatic carbocycles. The summed E-state index contributed by atoms with van der Waals surface area (Å²) in [4.78, 5) is 13.9. The second-order valence-corrected chi connectivity index (χ2v) is 6.65. The molecule has 1 amide bonds. The molecule has 0 aromatic rings. The minimum Gasteiger partial charge on any atom is -0.496 e. The second kappa shape index (κ2) is 7.16. The molecule has 5 nitrogen and oxygen atoms in total. The van der Waals surface area contributed by atoms with Gasteiger partial charge in [-0.15, -0.1) is 0 Å². The lowest BCUT2D eigenvalue weighted by molar-refractivity contribution is 0.00895. The molecule has 1 fully saturated rings. The van der Waals surface area contributed by atoms with Crippen molar-refractivity contribution in [2.24, 2.45) is 0 Å². The van der Waals surface area contributed by atoms with E-state index in [4.69, 9.17) is 14.2 Å². The van der Waals surface area contributed by atoms with E-state index in [9.17, 15) is 4.79 Å². The molecule has 2 heterocycles. The number of allylic oxidation sites excluding steroid dienone is 1. The van der Waals surface area contributed by atoms with Gasteiger partial charge in [0.2, 0.25) is 0 Å². The number of nitrogens with zero attached hydrogens (tertiary/aromatic N) is 1. The second-order valence-electron chi connectivity index (χ2n) is 6.65. The van der Waals surface area contributed by atoms with Crippen molar-refractivity contribution in [3.63, 3.8) is 0 Å². The van der Waals surface area contributed by atoms with E-state index in [1.165, 1.54) is 0 Å². The first-order valence-corrected chi connectivity index (χ1v) is 7.85. The van der Waals surface area contributed by atoms with E-state index in [0.717, 1.165) is 44.6 Å². The zero-order chi connectivity index (χ0) is 15.3. The van der Waals surface area contributed by atoms with Gasteiger partial charge < -0.3 is 19.1 Å². The maximum atomic E-state index is 12.1. The smallest absolute Gasteiger partial charge is 0.410 e. The lowest BCUT2D eigenvalue weighted by Gasteiger charge is -2.28. The van der Waals surface area contributed by atoms with Crippen LogP contribution in [0, 0.1) is 0 Å². The average Bonchev–Trinajstić information content (AvgIpc) is 2.86. The van der Waals surface area contributed by atoms with Crippen LogP contribution in [0.15, 0.2) is 11.8 Å². The van der Waals surface area contributed by atoms with Gasteiger partial charge in [0, 0.05) is 6.54 Å². The largest absolute Gasteiger partial charge is 0.496 e. The van der Waals surface area contributed by atoms with Crippen LogP contribution in [0.2, 0.25) is 0 Å². The van der Waals surface area contributed by atoms with Crippen molar-refractivity contribution < 1.29 is 19.0 Å². The van der Waals surface area contributed by atoms with E-state index >= 15 is 0 Å². The maximum Gasteiger partial charge on any atom is 0.410 e. The Balaban J connectivity index is 1.76. The third-order valence-corrected chi connectivity index (χ3v) is 3.57. The molecule has 120 valence electrons. The highest BCUT2D eigenvalue weighted by Crippen LogP contribution is 2.21. The molecule has 0 saturated carbocycles. The van der Waals surface area contributed by atoms with Crippen LogP contribution < -0.4 is 0 Å². The quantitative estimate of drug-likeness (QED) is 0.800. The molecule has 1 atom stereocenters. The van der Waals surface area contributed by atoms with Crippen LogP contribution in [0.4, 0.5) is 4.79 Å². The molecule has 2 rings (SSSR count). The molecule has 21 heavy (non-hydrogen) atoms. The van der Waals surface area contributed by atoms with Gasteiger partial charge >= 0.3 is 6.09 Å². The summed E-state index contributed by atoms with van der Waals surface area (Å²) in [6.07, 6.45) is 5.97. The first kappa shape index (κ1) is 16.1. The SMILES string of the molecule is CC(C)(C)OC(=O)N1CCCC1COCC1=CCCCO1. The summed E-state index contributed by atoms with van der Waals surface area (Å²) < 4.78 is 16.7. The molecule has 0 aliphatic carbocycles. The van der Waals surface area contributed by atoms with Crippen molar-refractivity contribution in [3.05, 3.63) is 11.8 Å². The number of rotatable bonds is 4. The molecule has 0 radical (unpaired) electrons. The van der Waals surface area contributed by atoms with Gasteiger partial charge in [-0.25, -0.2) is 4.79 Å².